The number of aromatic nitrogens is 1. The molecule has 0 unspecified atom stereocenters. The van der Waals surface area contributed by atoms with Gasteiger partial charge < -0.3 is 0 Å². The predicted molar refractivity (Wildman–Crippen MR) is 144 cm³/mol. The third-order valence-corrected chi connectivity index (χ3v) is 5.83. The topological polar surface area (TPSA) is 28.3 Å². The minimum absolute atomic E-state index is 0.382. The molecule has 0 aliphatic carbocycles. The van der Waals surface area contributed by atoms with Crippen molar-refractivity contribution < 1.29 is 17.5 Å². The molecule has 3 rings (SSSR count). The Balaban J connectivity index is 0.00000129. The summed E-state index contributed by atoms with van der Waals surface area (Å²) in [5, 5.41) is 0. The SMILES string of the molecule is CC(Cc1cccc(CC(C)=[N+](C)c2c(C)cccc2C)n1)=Nc1c(C)cccc1C.[Cl][Co][Cl]. The number of pyridine rings is 1. The number of hydrogen-bond acceptors (Lipinski definition) is 2. The Morgan fingerprint density at radius 2 is 1.24 bits per heavy atom. The van der Waals surface area contributed by atoms with Crippen LogP contribution in [0.5, 0.6) is 0 Å². The van der Waals surface area contributed by atoms with Crippen molar-refractivity contribution in [2.45, 2.75) is 54.4 Å². The first-order chi connectivity index (χ1) is 16.2. The van der Waals surface area contributed by atoms with E-state index in [1.807, 2.05) is 0 Å². The molecule has 0 aliphatic heterocycles. The summed E-state index contributed by atoms with van der Waals surface area (Å²) < 4.78 is 2.30. The van der Waals surface area contributed by atoms with Gasteiger partial charge >= 0.3 is 33.2 Å². The van der Waals surface area contributed by atoms with Gasteiger partial charge in [-0.25, -0.2) is 4.58 Å². The molecule has 1 heterocycles. The zero-order valence-corrected chi connectivity index (χ0v) is 23.6. The summed E-state index contributed by atoms with van der Waals surface area (Å²) in [7, 11) is 11.6. The van der Waals surface area contributed by atoms with Crippen LogP contribution in [0.25, 0.3) is 0 Å². The molecule has 3 aromatic rings. The van der Waals surface area contributed by atoms with Gasteiger partial charge in [0.05, 0.1) is 17.8 Å². The van der Waals surface area contributed by atoms with Crippen molar-refractivity contribution in [2.75, 3.05) is 7.05 Å². The Kier molecular flexibility index (Phi) is 11.5. The summed E-state index contributed by atoms with van der Waals surface area (Å²) in [6.45, 7) is 12.8. The number of hydrogen-bond donors (Lipinski definition) is 0. The number of rotatable bonds is 6. The third-order valence-electron chi connectivity index (χ3n) is 5.83. The van der Waals surface area contributed by atoms with E-state index < -0.39 is 0 Å². The molecule has 0 saturated carbocycles. The van der Waals surface area contributed by atoms with Crippen LogP contribution in [0, 0.1) is 27.7 Å². The van der Waals surface area contributed by atoms with Gasteiger partial charge in [-0.05, 0) is 57.9 Å². The predicted octanol–water partition coefficient (Wildman–Crippen LogP) is 8.00. The van der Waals surface area contributed by atoms with Gasteiger partial charge in [0.25, 0.3) is 0 Å². The molecule has 1 aromatic heterocycles. The van der Waals surface area contributed by atoms with E-state index in [0.717, 1.165) is 35.6 Å². The number of benzene rings is 2. The minimum atomic E-state index is 0.382. The van der Waals surface area contributed by atoms with Crippen LogP contribution in [0.15, 0.2) is 59.6 Å². The summed E-state index contributed by atoms with van der Waals surface area (Å²) in [6.07, 6.45) is 1.58. The van der Waals surface area contributed by atoms with E-state index in [-0.39, 0.29) is 0 Å². The van der Waals surface area contributed by atoms with E-state index >= 15 is 0 Å². The quantitative estimate of drug-likeness (QED) is 0.229. The van der Waals surface area contributed by atoms with E-state index in [1.165, 1.54) is 33.7 Å². The van der Waals surface area contributed by atoms with E-state index in [9.17, 15) is 0 Å². The zero-order chi connectivity index (χ0) is 25.3. The number of aryl methyl sites for hydroxylation is 4. The van der Waals surface area contributed by atoms with Gasteiger partial charge in [-0.2, -0.15) is 0 Å². The molecule has 0 bridgehead atoms. The maximum absolute atomic E-state index is 4.93. The second-order valence-electron chi connectivity index (χ2n) is 8.64. The van der Waals surface area contributed by atoms with Gasteiger partial charge in [0.15, 0.2) is 5.71 Å². The molecule has 3 nitrogen and oxygen atoms in total. The average Bonchev–Trinajstić information content (AvgIpc) is 2.77. The van der Waals surface area contributed by atoms with E-state index in [2.05, 4.69) is 108 Å². The van der Waals surface area contributed by atoms with Crippen molar-refractivity contribution in [1.29, 1.82) is 0 Å². The molecule has 183 valence electrons. The summed E-state index contributed by atoms with van der Waals surface area (Å²) in [4.78, 5) is 9.83. The second kappa shape index (κ2) is 13.8. The van der Waals surface area contributed by atoms with Crippen LogP contribution in [0.4, 0.5) is 11.4 Å². The summed E-state index contributed by atoms with van der Waals surface area (Å²) in [6, 6.07) is 19.1. The maximum atomic E-state index is 4.93. The first kappa shape index (κ1) is 28.3. The molecular formula is C28H34Cl2CoN3+. The van der Waals surface area contributed by atoms with Gasteiger partial charge in [0, 0.05) is 35.9 Å². The number of halogens is 2. The normalized spacial score (nSPS) is 12.2. The molecule has 0 N–H and O–H groups in total. The summed E-state index contributed by atoms with van der Waals surface area (Å²) >= 11 is 0.382. The van der Waals surface area contributed by atoms with Crippen molar-refractivity contribution in [3.8, 4) is 0 Å². The molecule has 0 aliphatic rings. The fraction of sp³-hybridized carbons (Fsp3) is 0.321. The number of para-hydroxylation sites is 2. The summed E-state index contributed by atoms with van der Waals surface area (Å²) in [5.41, 5.74) is 11.9. The van der Waals surface area contributed by atoms with Gasteiger partial charge in [0.1, 0.15) is 7.05 Å². The average molecular weight is 542 g/mol. The Morgan fingerprint density at radius 1 is 0.794 bits per heavy atom. The van der Waals surface area contributed by atoms with Crippen LogP contribution in [0.2, 0.25) is 0 Å². The Morgan fingerprint density at radius 3 is 1.76 bits per heavy atom. The van der Waals surface area contributed by atoms with Gasteiger partial charge in [0.2, 0.25) is 5.69 Å². The Bertz CT molecular complexity index is 1150. The van der Waals surface area contributed by atoms with Crippen molar-refractivity contribution in [3.05, 3.63) is 88.2 Å². The number of aliphatic imine (C=N–C) groups is 1. The van der Waals surface area contributed by atoms with Crippen LogP contribution in [0.1, 0.15) is 47.5 Å². The van der Waals surface area contributed by atoms with E-state index in [1.54, 1.807) is 0 Å². The van der Waals surface area contributed by atoms with E-state index in [4.69, 9.17) is 30.3 Å². The zero-order valence-electron chi connectivity index (χ0n) is 21.0. The standard InChI is InChI=1S/C28H34N3.2ClH.Co/c1-19-11-8-12-20(2)27(19)29-23(5)17-25-15-10-16-26(30-25)18-24(6)31(7)28-21(3)13-9-14-22(28)4;;;/h8-16H,17-18H2,1-7H3;2*1H;/q+1;;;+2/p-2. The van der Waals surface area contributed by atoms with Gasteiger partial charge in [-0.1, -0.05) is 42.5 Å². The molecule has 0 fully saturated rings. The van der Waals surface area contributed by atoms with Crippen LogP contribution < -0.4 is 0 Å². The molecular weight excluding hydrogens is 508 g/mol. The third kappa shape index (κ3) is 8.05. The Labute approximate surface area is 219 Å². The van der Waals surface area contributed by atoms with Gasteiger partial charge in [-0.3, -0.25) is 9.98 Å². The summed E-state index contributed by atoms with van der Waals surface area (Å²) in [5.74, 6) is 0. The fourth-order valence-corrected chi connectivity index (χ4v) is 4.11. The van der Waals surface area contributed by atoms with Crippen LogP contribution >= 0.6 is 20.3 Å². The second-order valence-corrected chi connectivity index (χ2v) is 10.4. The monoisotopic (exact) mass is 541 g/mol. The van der Waals surface area contributed by atoms with Crippen LogP contribution in [0.3, 0.4) is 0 Å². The van der Waals surface area contributed by atoms with Crippen molar-refractivity contribution in [3.63, 3.8) is 0 Å². The molecule has 0 amide bonds. The molecule has 0 spiro atoms. The molecule has 0 radical (unpaired) electrons. The Hall–Kier alpha value is -1.98. The van der Waals surface area contributed by atoms with Crippen LogP contribution in [-0.4, -0.2) is 28.0 Å². The molecule has 0 atom stereocenters. The molecule has 6 heteroatoms. The van der Waals surface area contributed by atoms with Crippen molar-refractivity contribution in [2.24, 2.45) is 4.99 Å². The molecule has 2 aromatic carbocycles. The molecule has 34 heavy (non-hydrogen) atoms. The fourth-order valence-electron chi connectivity index (χ4n) is 4.11. The first-order valence-corrected chi connectivity index (χ1v) is 14.1. The van der Waals surface area contributed by atoms with Crippen LogP contribution in [-0.2, 0) is 25.7 Å². The van der Waals surface area contributed by atoms with E-state index in [0.29, 0.717) is 12.9 Å². The van der Waals surface area contributed by atoms with Crippen molar-refractivity contribution in [1.82, 2.24) is 4.98 Å². The first-order valence-electron chi connectivity index (χ1n) is 11.2. The van der Waals surface area contributed by atoms with Gasteiger partial charge in [-0.15, -0.1) is 0 Å². The molecule has 0 saturated heterocycles. The number of nitrogens with zero attached hydrogens (tertiary/aromatic N) is 3. The van der Waals surface area contributed by atoms with Crippen molar-refractivity contribution >= 4 is 43.1 Å².